The maximum Gasteiger partial charge on any atom is 0.251 e. The van der Waals surface area contributed by atoms with Crippen LogP contribution in [0, 0.1) is 0 Å². The van der Waals surface area contributed by atoms with Crippen molar-refractivity contribution in [3.8, 4) is 5.75 Å². The molecule has 0 spiro atoms. The molecule has 1 saturated heterocycles. The van der Waals surface area contributed by atoms with Gasteiger partial charge in [-0.1, -0.05) is 25.7 Å². The number of sulfonamides is 1. The van der Waals surface area contributed by atoms with Gasteiger partial charge in [0.25, 0.3) is 5.91 Å². The minimum atomic E-state index is -3.68. The van der Waals surface area contributed by atoms with Crippen LogP contribution in [0.2, 0.25) is 0 Å². The quantitative estimate of drug-likeness (QED) is 0.852. The number of hydrogen-bond acceptors (Lipinski definition) is 4. The molecule has 1 aromatic carbocycles. The zero-order valence-electron chi connectivity index (χ0n) is 15.4. The van der Waals surface area contributed by atoms with Crippen molar-refractivity contribution >= 4 is 15.9 Å². The third-order valence-electron chi connectivity index (χ3n) is 5.30. The van der Waals surface area contributed by atoms with Gasteiger partial charge >= 0.3 is 0 Å². The molecular formula is C19H28N2O4S. The van der Waals surface area contributed by atoms with Crippen LogP contribution in [0.15, 0.2) is 23.1 Å². The van der Waals surface area contributed by atoms with Crippen molar-refractivity contribution in [2.24, 2.45) is 0 Å². The van der Waals surface area contributed by atoms with Gasteiger partial charge in [-0.2, -0.15) is 4.31 Å². The van der Waals surface area contributed by atoms with Crippen LogP contribution >= 0.6 is 0 Å². The Labute approximate surface area is 156 Å². The van der Waals surface area contributed by atoms with Crippen LogP contribution in [-0.2, 0) is 10.0 Å². The Kier molecular flexibility index (Phi) is 6.19. The van der Waals surface area contributed by atoms with E-state index in [2.05, 4.69) is 5.32 Å². The van der Waals surface area contributed by atoms with Gasteiger partial charge in [-0.3, -0.25) is 4.79 Å². The standard InChI is InChI=1S/C19H28N2O4S/c1-25-17-11-10-15(19(22)20-16-8-4-5-9-16)14-18(17)26(23,24)21-12-6-2-3-7-13-21/h10-11,14,16H,2-9,12-13H2,1H3,(H,20,22). The second-order valence-corrected chi connectivity index (χ2v) is 9.05. The first-order valence-corrected chi connectivity index (χ1v) is 11.0. The van der Waals surface area contributed by atoms with E-state index in [0.29, 0.717) is 18.7 Å². The lowest BCUT2D eigenvalue weighted by atomic mass is 10.1. The van der Waals surface area contributed by atoms with Crippen molar-refractivity contribution < 1.29 is 17.9 Å². The molecule has 6 nitrogen and oxygen atoms in total. The normalized spacial score (nSPS) is 19.9. The van der Waals surface area contributed by atoms with E-state index in [1.807, 2.05) is 0 Å². The number of amides is 1. The van der Waals surface area contributed by atoms with Crippen molar-refractivity contribution in [1.82, 2.24) is 9.62 Å². The maximum absolute atomic E-state index is 13.2. The fraction of sp³-hybridized carbons (Fsp3) is 0.632. The number of carbonyl (C=O) groups excluding carboxylic acids is 1. The Bertz CT molecular complexity index is 734. The van der Waals surface area contributed by atoms with Gasteiger partial charge in [-0.05, 0) is 43.9 Å². The molecule has 3 rings (SSSR count). The van der Waals surface area contributed by atoms with Gasteiger partial charge in [0.05, 0.1) is 7.11 Å². The number of nitrogens with zero attached hydrogens (tertiary/aromatic N) is 1. The van der Waals surface area contributed by atoms with Crippen LogP contribution in [-0.4, -0.2) is 44.9 Å². The van der Waals surface area contributed by atoms with Crippen LogP contribution in [0.4, 0.5) is 0 Å². The summed E-state index contributed by atoms with van der Waals surface area (Å²) < 4.78 is 33.1. The molecule has 1 heterocycles. The number of carbonyl (C=O) groups is 1. The topological polar surface area (TPSA) is 75.7 Å². The molecule has 1 aromatic rings. The number of ether oxygens (including phenoxy) is 1. The molecule has 7 heteroatoms. The van der Waals surface area contributed by atoms with E-state index >= 15 is 0 Å². The zero-order valence-corrected chi connectivity index (χ0v) is 16.2. The molecule has 1 aliphatic heterocycles. The van der Waals surface area contributed by atoms with E-state index in [0.717, 1.165) is 51.4 Å². The van der Waals surface area contributed by atoms with Crippen molar-refractivity contribution in [3.05, 3.63) is 23.8 Å². The zero-order chi connectivity index (χ0) is 18.6. The van der Waals surface area contributed by atoms with Gasteiger partial charge in [-0.25, -0.2) is 8.42 Å². The summed E-state index contributed by atoms with van der Waals surface area (Å²) in [5.74, 6) is 0.0681. The first-order valence-electron chi connectivity index (χ1n) is 9.51. The van der Waals surface area contributed by atoms with E-state index in [9.17, 15) is 13.2 Å². The van der Waals surface area contributed by atoms with E-state index in [-0.39, 0.29) is 22.6 Å². The van der Waals surface area contributed by atoms with Gasteiger partial charge in [0, 0.05) is 24.7 Å². The predicted octanol–water partition coefficient (Wildman–Crippen LogP) is 2.93. The Balaban J connectivity index is 1.87. The molecule has 0 bridgehead atoms. The van der Waals surface area contributed by atoms with E-state index in [1.54, 1.807) is 12.1 Å². The summed E-state index contributed by atoms with van der Waals surface area (Å²) in [5, 5.41) is 3.01. The molecule has 2 aliphatic rings. The van der Waals surface area contributed by atoms with E-state index < -0.39 is 10.0 Å². The fourth-order valence-electron chi connectivity index (χ4n) is 3.78. The molecule has 1 aliphatic carbocycles. The van der Waals surface area contributed by atoms with Crippen molar-refractivity contribution in [3.63, 3.8) is 0 Å². The van der Waals surface area contributed by atoms with Crippen molar-refractivity contribution in [1.29, 1.82) is 0 Å². The SMILES string of the molecule is COc1ccc(C(=O)NC2CCCC2)cc1S(=O)(=O)N1CCCCCC1. The van der Waals surface area contributed by atoms with Crippen LogP contribution in [0.3, 0.4) is 0 Å². The lowest BCUT2D eigenvalue weighted by Crippen LogP contribution is -2.34. The van der Waals surface area contributed by atoms with Crippen molar-refractivity contribution in [2.75, 3.05) is 20.2 Å². The van der Waals surface area contributed by atoms with E-state index in [4.69, 9.17) is 4.74 Å². The summed E-state index contributed by atoms with van der Waals surface area (Å²) in [6, 6.07) is 4.86. The average Bonchev–Trinajstić information content (AvgIpc) is 2.99. The van der Waals surface area contributed by atoms with Crippen LogP contribution in [0.1, 0.15) is 61.7 Å². The Morgan fingerprint density at radius 3 is 2.35 bits per heavy atom. The number of rotatable bonds is 5. The van der Waals surface area contributed by atoms with E-state index in [1.165, 1.54) is 17.5 Å². The number of benzene rings is 1. The highest BCUT2D eigenvalue weighted by Crippen LogP contribution is 2.29. The van der Waals surface area contributed by atoms with Gasteiger partial charge < -0.3 is 10.1 Å². The Hall–Kier alpha value is -1.60. The van der Waals surface area contributed by atoms with Gasteiger partial charge in [0.15, 0.2) is 0 Å². The maximum atomic E-state index is 13.2. The minimum absolute atomic E-state index is 0.0842. The molecule has 144 valence electrons. The van der Waals surface area contributed by atoms with Crippen molar-refractivity contribution in [2.45, 2.75) is 62.3 Å². The molecule has 0 atom stereocenters. The third-order valence-corrected chi connectivity index (χ3v) is 7.22. The second-order valence-electron chi connectivity index (χ2n) is 7.14. The monoisotopic (exact) mass is 380 g/mol. The highest BCUT2D eigenvalue weighted by atomic mass is 32.2. The van der Waals surface area contributed by atoms with Gasteiger partial charge in [-0.15, -0.1) is 0 Å². The molecule has 0 radical (unpaired) electrons. The first kappa shape index (κ1) is 19.2. The molecule has 0 unspecified atom stereocenters. The summed E-state index contributed by atoms with van der Waals surface area (Å²) in [5.41, 5.74) is 0.367. The highest BCUT2D eigenvalue weighted by Gasteiger charge is 2.29. The number of nitrogens with one attached hydrogen (secondary N) is 1. The molecule has 1 saturated carbocycles. The molecular weight excluding hydrogens is 352 g/mol. The lowest BCUT2D eigenvalue weighted by molar-refractivity contribution is 0.0937. The molecule has 2 fully saturated rings. The Morgan fingerprint density at radius 1 is 1.08 bits per heavy atom. The summed E-state index contributed by atoms with van der Waals surface area (Å²) >= 11 is 0. The molecule has 1 N–H and O–H groups in total. The van der Waals surface area contributed by atoms with Gasteiger partial charge in [0.2, 0.25) is 10.0 Å². The molecule has 0 aromatic heterocycles. The minimum Gasteiger partial charge on any atom is -0.495 e. The third kappa shape index (κ3) is 4.20. The fourth-order valence-corrected chi connectivity index (χ4v) is 5.48. The molecule has 26 heavy (non-hydrogen) atoms. The van der Waals surface area contributed by atoms with Crippen LogP contribution < -0.4 is 10.1 Å². The predicted molar refractivity (Wildman–Crippen MR) is 99.9 cm³/mol. The molecule has 1 amide bonds. The largest absolute Gasteiger partial charge is 0.495 e. The summed E-state index contributed by atoms with van der Waals surface area (Å²) in [7, 11) is -2.23. The van der Waals surface area contributed by atoms with Crippen LogP contribution in [0.5, 0.6) is 5.75 Å². The lowest BCUT2D eigenvalue weighted by Gasteiger charge is -2.22. The number of hydrogen-bond donors (Lipinski definition) is 1. The van der Waals surface area contributed by atoms with Crippen LogP contribution in [0.25, 0.3) is 0 Å². The van der Waals surface area contributed by atoms with Gasteiger partial charge in [0.1, 0.15) is 10.6 Å². The summed E-state index contributed by atoms with van der Waals surface area (Å²) in [6.07, 6.45) is 8.05. The second kappa shape index (κ2) is 8.39. The summed E-state index contributed by atoms with van der Waals surface area (Å²) in [6.45, 7) is 1.04. The first-order chi connectivity index (χ1) is 12.5. The Morgan fingerprint density at radius 2 is 1.73 bits per heavy atom. The highest BCUT2D eigenvalue weighted by molar-refractivity contribution is 7.89. The smallest absolute Gasteiger partial charge is 0.251 e. The average molecular weight is 381 g/mol. The number of methoxy groups -OCH3 is 1. The summed E-state index contributed by atoms with van der Waals surface area (Å²) in [4.78, 5) is 12.6.